The van der Waals surface area contributed by atoms with Crippen molar-refractivity contribution in [3.8, 4) is 6.07 Å². The number of carbonyl (C=O) groups excluding carboxylic acids is 3. The molecule has 0 bridgehead atoms. The van der Waals surface area contributed by atoms with Gasteiger partial charge in [0.05, 0.1) is 16.5 Å². The number of nitrogens with zero attached hydrogens (tertiary/aromatic N) is 2. The maximum atomic E-state index is 12.5. The zero-order chi connectivity index (χ0) is 20.3. The minimum absolute atomic E-state index is 0.244. The molecule has 1 aliphatic heterocycles. The molecule has 2 aromatic carbocycles. The Labute approximate surface area is 166 Å². The van der Waals surface area contributed by atoms with Crippen molar-refractivity contribution in [2.75, 3.05) is 11.9 Å². The highest BCUT2D eigenvalue weighted by molar-refractivity contribution is 8.18. The van der Waals surface area contributed by atoms with E-state index in [0.717, 1.165) is 27.8 Å². The summed E-state index contributed by atoms with van der Waals surface area (Å²) < 4.78 is 0. The third-order valence-corrected chi connectivity index (χ3v) is 4.93. The quantitative estimate of drug-likeness (QED) is 0.800. The van der Waals surface area contributed by atoms with Gasteiger partial charge in [-0.15, -0.1) is 0 Å². The van der Waals surface area contributed by atoms with Gasteiger partial charge in [-0.05, 0) is 72.6 Å². The molecule has 0 aliphatic carbocycles. The fraction of sp³-hybridized carbons (Fsp3) is 0.143. The van der Waals surface area contributed by atoms with Crippen LogP contribution >= 0.6 is 11.8 Å². The van der Waals surface area contributed by atoms with Crippen LogP contribution < -0.4 is 5.32 Å². The largest absolute Gasteiger partial charge is 0.325 e. The van der Waals surface area contributed by atoms with Crippen molar-refractivity contribution in [2.24, 2.45) is 0 Å². The average Bonchev–Trinajstić information content (AvgIpc) is 2.89. The Bertz CT molecular complexity index is 1020. The molecule has 0 saturated carbocycles. The SMILES string of the molecule is Cc1cc(C)cc(NC(=O)CN2C(=O)S/C(=C/c3ccc(C#N)cc3)C2=O)c1. The van der Waals surface area contributed by atoms with Crippen LogP contribution in [0.25, 0.3) is 6.08 Å². The summed E-state index contributed by atoms with van der Waals surface area (Å²) in [4.78, 5) is 38.2. The Morgan fingerprint density at radius 2 is 1.79 bits per heavy atom. The van der Waals surface area contributed by atoms with Crippen LogP contribution in [0.1, 0.15) is 22.3 Å². The summed E-state index contributed by atoms with van der Waals surface area (Å²) in [6.45, 7) is 3.50. The summed E-state index contributed by atoms with van der Waals surface area (Å²) in [5, 5.41) is 11.1. The highest BCUT2D eigenvalue weighted by atomic mass is 32.2. The maximum absolute atomic E-state index is 12.5. The van der Waals surface area contributed by atoms with Crippen LogP contribution in [-0.4, -0.2) is 28.5 Å². The van der Waals surface area contributed by atoms with Crippen LogP contribution in [0.4, 0.5) is 10.5 Å². The molecule has 3 rings (SSSR count). The number of nitriles is 1. The summed E-state index contributed by atoms with van der Waals surface area (Å²) in [6.07, 6.45) is 1.58. The van der Waals surface area contributed by atoms with Gasteiger partial charge in [-0.1, -0.05) is 18.2 Å². The molecule has 7 heteroatoms. The number of anilines is 1. The predicted molar refractivity (Wildman–Crippen MR) is 108 cm³/mol. The van der Waals surface area contributed by atoms with E-state index < -0.39 is 17.1 Å². The van der Waals surface area contributed by atoms with Crippen LogP contribution in [0.15, 0.2) is 47.4 Å². The van der Waals surface area contributed by atoms with Gasteiger partial charge in [-0.2, -0.15) is 5.26 Å². The lowest BCUT2D eigenvalue weighted by Crippen LogP contribution is -2.36. The molecular weight excluding hydrogens is 374 g/mol. The lowest BCUT2D eigenvalue weighted by Gasteiger charge is -2.13. The van der Waals surface area contributed by atoms with E-state index in [4.69, 9.17) is 5.26 Å². The zero-order valence-electron chi connectivity index (χ0n) is 15.4. The topological polar surface area (TPSA) is 90.3 Å². The molecule has 0 spiro atoms. The summed E-state index contributed by atoms with van der Waals surface area (Å²) in [6, 6.07) is 14.3. The van der Waals surface area contributed by atoms with Crippen LogP contribution in [0.5, 0.6) is 0 Å². The average molecular weight is 391 g/mol. The molecule has 3 amide bonds. The highest BCUT2D eigenvalue weighted by Crippen LogP contribution is 2.32. The van der Waals surface area contributed by atoms with Gasteiger partial charge in [0, 0.05) is 5.69 Å². The smallest absolute Gasteiger partial charge is 0.294 e. The molecule has 1 saturated heterocycles. The first-order valence-corrected chi connectivity index (χ1v) is 9.31. The first-order valence-electron chi connectivity index (χ1n) is 8.49. The van der Waals surface area contributed by atoms with E-state index in [1.54, 1.807) is 30.3 Å². The minimum atomic E-state index is -0.505. The molecule has 6 nitrogen and oxygen atoms in total. The second-order valence-electron chi connectivity index (χ2n) is 6.43. The number of aryl methyl sites for hydroxylation is 2. The summed E-state index contributed by atoms with van der Waals surface area (Å²) in [7, 11) is 0. The molecule has 0 aromatic heterocycles. The lowest BCUT2D eigenvalue weighted by molar-refractivity contribution is -0.127. The van der Waals surface area contributed by atoms with Crippen LogP contribution in [0.3, 0.4) is 0 Å². The number of rotatable bonds is 4. The standard InChI is InChI=1S/C21H17N3O3S/c1-13-7-14(2)9-17(8-13)23-19(25)12-24-20(26)18(28-21(24)27)10-15-3-5-16(11-22)6-4-15/h3-10H,12H2,1-2H3,(H,23,25)/b18-10+. The predicted octanol–water partition coefficient (Wildman–Crippen LogP) is 3.85. The van der Waals surface area contributed by atoms with E-state index in [-0.39, 0.29) is 11.4 Å². The molecular formula is C21H17N3O3S. The number of benzene rings is 2. The van der Waals surface area contributed by atoms with E-state index >= 15 is 0 Å². The van der Waals surface area contributed by atoms with E-state index in [0.29, 0.717) is 16.8 Å². The molecule has 28 heavy (non-hydrogen) atoms. The van der Waals surface area contributed by atoms with Crippen molar-refractivity contribution >= 4 is 40.6 Å². The van der Waals surface area contributed by atoms with Crippen LogP contribution in [0.2, 0.25) is 0 Å². The zero-order valence-corrected chi connectivity index (χ0v) is 16.2. The molecule has 0 radical (unpaired) electrons. The third kappa shape index (κ3) is 4.48. The number of hydrogen-bond donors (Lipinski definition) is 1. The molecule has 2 aromatic rings. The summed E-state index contributed by atoms with van der Waals surface area (Å²) in [5.41, 5.74) is 3.85. The number of amides is 3. The van der Waals surface area contributed by atoms with Crippen molar-refractivity contribution in [1.29, 1.82) is 5.26 Å². The Hall–Kier alpha value is -3.37. The minimum Gasteiger partial charge on any atom is -0.325 e. The van der Waals surface area contributed by atoms with E-state index in [1.807, 2.05) is 38.1 Å². The van der Waals surface area contributed by atoms with Gasteiger partial charge >= 0.3 is 0 Å². The molecule has 1 aliphatic rings. The van der Waals surface area contributed by atoms with Gasteiger partial charge in [0.1, 0.15) is 6.54 Å². The number of hydrogen-bond acceptors (Lipinski definition) is 5. The van der Waals surface area contributed by atoms with Gasteiger partial charge in [0.2, 0.25) is 5.91 Å². The molecule has 0 unspecified atom stereocenters. The fourth-order valence-corrected chi connectivity index (χ4v) is 3.67. The van der Waals surface area contributed by atoms with Crippen molar-refractivity contribution in [2.45, 2.75) is 13.8 Å². The second kappa shape index (κ2) is 8.11. The normalized spacial score (nSPS) is 15.0. The van der Waals surface area contributed by atoms with Crippen molar-refractivity contribution < 1.29 is 14.4 Å². The molecule has 1 N–H and O–H groups in total. The second-order valence-corrected chi connectivity index (χ2v) is 7.42. The monoisotopic (exact) mass is 391 g/mol. The first-order chi connectivity index (χ1) is 13.4. The number of thioether (sulfide) groups is 1. The Morgan fingerprint density at radius 1 is 1.14 bits per heavy atom. The van der Waals surface area contributed by atoms with Crippen LogP contribution in [0, 0.1) is 25.2 Å². The van der Waals surface area contributed by atoms with Crippen molar-refractivity contribution in [3.05, 3.63) is 69.6 Å². The number of imide groups is 1. The Kier molecular flexibility index (Phi) is 5.62. The molecule has 1 heterocycles. The first kappa shape index (κ1) is 19.4. The van der Waals surface area contributed by atoms with Crippen LogP contribution in [-0.2, 0) is 9.59 Å². The summed E-state index contributed by atoms with van der Waals surface area (Å²) in [5.74, 6) is -0.943. The van der Waals surface area contributed by atoms with Gasteiger partial charge in [0.25, 0.3) is 11.1 Å². The van der Waals surface area contributed by atoms with E-state index in [1.165, 1.54) is 0 Å². The van der Waals surface area contributed by atoms with Crippen molar-refractivity contribution in [3.63, 3.8) is 0 Å². The molecule has 1 fully saturated rings. The number of carbonyl (C=O) groups is 3. The Morgan fingerprint density at radius 3 is 2.39 bits per heavy atom. The molecule has 0 atom stereocenters. The van der Waals surface area contributed by atoms with E-state index in [9.17, 15) is 14.4 Å². The van der Waals surface area contributed by atoms with Gasteiger partial charge < -0.3 is 5.32 Å². The van der Waals surface area contributed by atoms with E-state index in [2.05, 4.69) is 5.32 Å². The van der Waals surface area contributed by atoms with Gasteiger partial charge in [-0.3, -0.25) is 19.3 Å². The maximum Gasteiger partial charge on any atom is 0.294 e. The van der Waals surface area contributed by atoms with Gasteiger partial charge in [-0.25, -0.2) is 0 Å². The summed E-state index contributed by atoms with van der Waals surface area (Å²) >= 11 is 0.793. The highest BCUT2D eigenvalue weighted by Gasteiger charge is 2.36. The number of nitrogens with one attached hydrogen (secondary N) is 1. The van der Waals surface area contributed by atoms with Gasteiger partial charge in [0.15, 0.2) is 0 Å². The molecule has 140 valence electrons. The third-order valence-electron chi connectivity index (χ3n) is 4.02. The lowest BCUT2D eigenvalue weighted by atomic mass is 10.1. The Balaban J connectivity index is 1.70. The van der Waals surface area contributed by atoms with Crippen molar-refractivity contribution in [1.82, 2.24) is 4.90 Å². The fourth-order valence-electron chi connectivity index (χ4n) is 2.83.